The molecule has 5 N–H and O–H groups in total. The summed E-state index contributed by atoms with van der Waals surface area (Å²) in [5.41, 5.74) is 0.825. The Kier molecular flexibility index (Phi) is 6.51. The first-order valence-corrected chi connectivity index (χ1v) is 9.32. The van der Waals surface area contributed by atoms with Gasteiger partial charge in [-0.1, -0.05) is 17.4 Å². The first-order valence-electron chi connectivity index (χ1n) is 8.51. The number of aromatic amines is 2. The minimum atomic E-state index is -0.824. The van der Waals surface area contributed by atoms with E-state index in [9.17, 15) is 24.3 Å². The molecule has 2 heterocycles. The van der Waals surface area contributed by atoms with Crippen molar-refractivity contribution in [2.45, 2.75) is 6.42 Å². The highest BCUT2D eigenvalue weighted by atomic mass is 32.1. The SMILES string of the molecule is COc1cccc(C=NNC(=O)Cc2nnc(NC(=O)c3cc(=O)[nH]c(=O)[nH]3)s2)c1O. The van der Waals surface area contributed by atoms with Crippen molar-refractivity contribution in [2.24, 2.45) is 5.10 Å². The van der Waals surface area contributed by atoms with E-state index in [0.29, 0.717) is 5.56 Å². The number of benzene rings is 1. The van der Waals surface area contributed by atoms with Crippen molar-refractivity contribution in [2.75, 3.05) is 12.4 Å². The van der Waals surface area contributed by atoms with Gasteiger partial charge >= 0.3 is 5.69 Å². The first kappa shape index (κ1) is 21.4. The van der Waals surface area contributed by atoms with Gasteiger partial charge in [-0.3, -0.25) is 24.7 Å². The zero-order chi connectivity index (χ0) is 22.4. The van der Waals surface area contributed by atoms with E-state index in [-0.39, 0.29) is 33.8 Å². The molecule has 14 heteroatoms. The fourth-order valence-electron chi connectivity index (χ4n) is 2.29. The molecular formula is C17H15N7O6S. The second kappa shape index (κ2) is 9.45. The molecule has 0 atom stereocenters. The molecule has 0 saturated heterocycles. The summed E-state index contributed by atoms with van der Waals surface area (Å²) in [6.07, 6.45) is 1.08. The number of phenolic OH excluding ortho intramolecular Hbond substituents is 1. The number of phenols is 1. The van der Waals surface area contributed by atoms with E-state index >= 15 is 0 Å². The number of carbonyl (C=O) groups excluding carboxylic acids is 2. The van der Waals surface area contributed by atoms with Crippen molar-refractivity contribution in [3.63, 3.8) is 0 Å². The highest BCUT2D eigenvalue weighted by molar-refractivity contribution is 7.15. The van der Waals surface area contributed by atoms with Gasteiger partial charge < -0.3 is 14.8 Å². The van der Waals surface area contributed by atoms with Gasteiger partial charge in [0.1, 0.15) is 10.7 Å². The van der Waals surface area contributed by atoms with Gasteiger partial charge in [0.2, 0.25) is 11.0 Å². The summed E-state index contributed by atoms with van der Waals surface area (Å²) in [5.74, 6) is -1.12. The van der Waals surface area contributed by atoms with E-state index in [1.54, 1.807) is 18.2 Å². The highest BCUT2D eigenvalue weighted by Gasteiger charge is 2.14. The maximum atomic E-state index is 12.1. The number of aromatic hydroxyl groups is 1. The number of nitrogens with one attached hydrogen (secondary N) is 4. The highest BCUT2D eigenvalue weighted by Crippen LogP contribution is 2.27. The molecular weight excluding hydrogens is 430 g/mol. The van der Waals surface area contributed by atoms with Crippen LogP contribution in [0.4, 0.5) is 5.13 Å². The van der Waals surface area contributed by atoms with Crippen molar-refractivity contribution in [1.29, 1.82) is 0 Å². The normalized spacial score (nSPS) is 10.7. The van der Waals surface area contributed by atoms with Crippen LogP contribution in [0.2, 0.25) is 0 Å². The van der Waals surface area contributed by atoms with Crippen LogP contribution in [0.25, 0.3) is 0 Å². The molecule has 31 heavy (non-hydrogen) atoms. The first-order chi connectivity index (χ1) is 14.9. The number of anilines is 1. The number of carbonyl (C=O) groups is 2. The topological polar surface area (TPSA) is 192 Å². The number of hydrazone groups is 1. The summed E-state index contributed by atoms with van der Waals surface area (Å²) in [5, 5.41) is 24.0. The van der Waals surface area contributed by atoms with Crippen LogP contribution in [0.1, 0.15) is 21.1 Å². The Morgan fingerprint density at radius 1 is 1.29 bits per heavy atom. The lowest BCUT2D eigenvalue weighted by molar-refractivity contribution is -0.120. The molecule has 0 aliphatic heterocycles. The predicted molar refractivity (Wildman–Crippen MR) is 110 cm³/mol. The van der Waals surface area contributed by atoms with Gasteiger partial charge in [-0.05, 0) is 12.1 Å². The van der Waals surface area contributed by atoms with Gasteiger partial charge in [0, 0.05) is 11.6 Å². The molecule has 0 spiro atoms. The second-order valence-electron chi connectivity index (χ2n) is 5.82. The minimum Gasteiger partial charge on any atom is -0.504 e. The van der Waals surface area contributed by atoms with Crippen LogP contribution < -0.4 is 26.7 Å². The average molecular weight is 445 g/mol. The van der Waals surface area contributed by atoms with Crippen LogP contribution in [0.5, 0.6) is 11.5 Å². The summed E-state index contributed by atoms with van der Waals surface area (Å²) in [4.78, 5) is 50.7. The summed E-state index contributed by atoms with van der Waals surface area (Å²) in [7, 11) is 1.41. The number of hydrogen-bond acceptors (Lipinski definition) is 10. The molecule has 0 bridgehead atoms. The quantitative estimate of drug-likeness (QED) is 0.239. The van der Waals surface area contributed by atoms with Gasteiger partial charge in [0.25, 0.3) is 11.5 Å². The minimum absolute atomic E-state index is 0.0683. The van der Waals surface area contributed by atoms with Crippen LogP contribution >= 0.6 is 11.3 Å². The van der Waals surface area contributed by atoms with Crippen LogP contribution in [0.3, 0.4) is 0 Å². The van der Waals surface area contributed by atoms with Crippen molar-refractivity contribution >= 4 is 34.5 Å². The van der Waals surface area contributed by atoms with E-state index in [0.717, 1.165) is 17.4 Å². The Balaban J connectivity index is 1.57. The third-order valence-electron chi connectivity index (χ3n) is 3.65. The average Bonchev–Trinajstić information content (AvgIpc) is 3.15. The fourth-order valence-corrected chi connectivity index (χ4v) is 3.02. The second-order valence-corrected chi connectivity index (χ2v) is 6.89. The van der Waals surface area contributed by atoms with Gasteiger partial charge in [0.15, 0.2) is 11.5 Å². The number of methoxy groups -OCH3 is 1. The van der Waals surface area contributed by atoms with E-state index in [1.165, 1.54) is 13.3 Å². The van der Waals surface area contributed by atoms with Crippen LogP contribution in [-0.2, 0) is 11.2 Å². The van der Waals surface area contributed by atoms with Gasteiger partial charge in [-0.15, -0.1) is 10.2 Å². The lowest BCUT2D eigenvalue weighted by Gasteiger charge is -2.04. The Bertz CT molecular complexity index is 1230. The molecule has 2 amide bonds. The van der Waals surface area contributed by atoms with Gasteiger partial charge in [-0.2, -0.15) is 5.10 Å². The Hall–Kier alpha value is -4.33. The molecule has 0 aliphatic carbocycles. The third kappa shape index (κ3) is 5.60. The van der Waals surface area contributed by atoms with E-state index < -0.39 is 23.1 Å². The zero-order valence-corrected chi connectivity index (χ0v) is 16.6. The zero-order valence-electron chi connectivity index (χ0n) is 15.8. The largest absolute Gasteiger partial charge is 0.504 e. The third-order valence-corrected chi connectivity index (χ3v) is 4.49. The van der Waals surface area contributed by atoms with Crippen molar-refractivity contribution in [3.8, 4) is 11.5 Å². The molecule has 13 nitrogen and oxygen atoms in total. The number of nitrogens with zero attached hydrogens (tertiary/aromatic N) is 3. The standard InChI is InChI=1S/C17H15N7O6S/c1-30-10-4-2-3-8(14(10)27)7-18-22-12(26)6-13-23-24-17(31-13)21-15(28)9-5-11(25)20-16(29)19-9/h2-5,7,27H,6H2,1H3,(H,22,26)(H,21,24,28)(H2,19,20,25,29). The molecule has 3 aromatic rings. The summed E-state index contributed by atoms with van der Waals surface area (Å²) in [6, 6.07) is 5.73. The summed E-state index contributed by atoms with van der Waals surface area (Å²) >= 11 is 0.928. The van der Waals surface area contributed by atoms with Crippen molar-refractivity contribution in [1.82, 2.24) is 25.6 Å². The molecule has 0 saturated carbocycles. The number of para-hydroxylation sites is 1. The number of ether oxygens (including phenoxy) is 1. The maximum Gasteiger partial charge on any atom is 0.326 e. The lowest BCUT2D eigenvalue weighted by atomic mass is 10.2. The Morgan fingerprint density at radius 3 is 2.84 bits per heavy atom. The van der Waals surface area contributed by atoms with E-state index in [4.69, 9.17) is 4.74 Å². The molecule has 160 valence electrons. The van der Waals surface area contributed by atoms with E-state index in [1.807, 2.05) is 4.98 Å². The van der Waals surface area contributed by atoms with Gasteiger partial charge in [-0.25, -0.2) is 10.2 Å². The molecule has 0 radical (unpaired) electrons. The van der Waals surface area contributed by atoms with Crippen molar-refractivity contribution in [3.05, 3.63) is 61.4 Å². The van der Waals surface area contributed by atoms with Crippen LogP contribution in [0.15, 0.2) is 39.0 Å². The summed E-state index contributed by atoms with van der Waals surface area (Å²) in [6.45, 7) is 0. The molecule has 1 aromatic carbocycles. The fraction of sp³-hybridized carbons (Fsp3) is 0.118. The van der Waals surface area contributed by atoms with Crippen LogP contribution in [-0.4, -0.2) is 50.4 Å². The number of H-pyrrole nitrogens is 2. The Morgan fingerprint density at radius 2 is 2.10 bits per heavy atom. The van der Waals surface area contributed by atoms with Crippen LogP contribution in [0, 0.1) is 0 Å². The predicted octanol–water partition coefficient (Wildman–Crippen LogP) is -0.426. The van der Waals surface area contributed by atoms with Crippen molar-refractivity contribution < 1.29 is 19.4 Å². The van der Waals surface area contributed by atoms with E-state index in [2.05, 4.69) is 31.0 Å². The summed E-state index contributed by atoms with van der Waals surface area (Å²) < 4.78 is 4.98. The molecule has 0 aliphatic rings. The maximum absolute atomic E-state index is 12.1. The molecule has 0 fully saturated rings. The number of aromatic nitrogens is 4. The molecule has 0 unspecified atom stereocenters. The smallest absolute Gasteiger partial charge is 0.326 e. The molecule has 3 rings (SSSR count). The lowest BCUT2D eigenvalue weighted by Crippen LogP contribution is -2.27. The number of hydrogen-bond donors (Lipinski definition) is 5. The van der Waals surface area contributed by atoms with Gasteiger partial charge in [0.05, 0.1) is 19.7 Å². The monoisotopic (exact) mass is 445 g/mol. The molecule has 2 aromatic heterocycles. The number of rotatable bonds is 7. The Labute approximate surface area is 176 Å². The number of amides is 2.